The van der Waals surface area contributed by atoms with Crippen molar-refractivity contribution in [2.45, 2.75) is 13.8 Å². The molecule has 5 heteroatoms. The number of hydrogen-bond acceptors (Lipinski definition) is 3. The first-order valence-corrected chi connectivity index (χ1v) is 6.34. The number of para-hydroxylation sites is 1. The zero-order chi connectivity index (χ0) is 15.6. The average Bonchev–Trinajstić information content (AvgIpc) is 2.41. The summed E-state index contributed by atoms with van der Waals surface area (Å²) < 4.78 is 0. The minimum Gasteiger partial charge on any atom is -0.507 e. The lowest BCUT2D eigenvalue weighted by atomic mass is 10.1. The van der Waals surface area contributed by atoms with Gasteiger partial charge in [-0.3, -0.25) is 4.79 Å². The molecule has 0 bridgehead atoms. The van der Waals surface area contributed by atoms with Crippen molar-refractivity contribution in [3.8, 4) is 5.75 Å². The number of hydrogen-bond donors (Lipinski definition) is 3. The van der Waals surface area contributed by atoms with Gasteiger partial charge in [0, 0.05) is 0 Å². The van der Waals surface area contributed by atoms with Crippen LogP contribution in [0.5, 0.6) is 5.75 Å². The highest BCUT2D eigenvalue weighted by Gasteiger charge is 2.17. The number of carboxylic acids is 1. The highest BCUT2D eigenvalue weighted by Crippen LogP contribution is 2.24. The van der Waals surface area contributed by atoms with Gasteiger partial charge in [-0.1, -0.05) is 24.3 Å². The summed E-state index contributed by atoms with van der Waals surface area (Å²) >= 11 is 0. The van der Waals surface area contributed by atoms with Gasteiger partial charge in [0.2, 0.25) is 0 Å². The number of aromatic carboxylic acids is 1. The van der Waals surface area contributed by atoms with Gasteiger partial charge in [-0.15, -0.1) is 0 Å². The van der Waals surface area contributed by atoms with Crippen molar-refractivity contribution in [1.82, 2.24) is 0 Å². The van der Waals surface area contributed by atoms with E-state index in [-0.39, 0.29) is 22.6 Å². The molecule has 0 aliphatic carbocycles. The van der Waals surface area contributed by atoms with Gasteiger partial charge >= 0.3 is 5.97 Å². The molecule has 21 heavy (non-hydrogen) atoms. The lowest BCUT2D eigenvalue weighted by molar-refractivity contribution is 0.0697. The van der Waals surface area contributed by atoms with Crippen LogP contribution in [0.1, 0.15) is 31.8 Å². The third kappa shape index (κ3) is 2.86. The van der Waals surface area contributed by atoms with E-state index in [1.165, 1.54) is 12.1 Å². The molecule has 5 nitrogen and oxygen atoms in total. The summed E-state index contributed by atoms with van der Waals surface area (Å²) in [4.78, 5) is 23.5. The monoisotopic (exact) mass is 285 g/mol. The fraction of sp³-hybridized carbons (Fsp3) is 0.125. The normalized spacial score (nSPS) is 10.2. The Morgan fingerprint density at radius 2 is 1.62 bits per heavy atom. The number of carbonyl (C=O) groups excluding carboxylic acids is 1. The number of rotatable bonds is 3. The molecule has 3 N–H and O–H groups in total. The second-order valence-electron chi connectivity index (χ2n) is 4.73. The van der Waals surface area contributed by atoms with Crippen molar-refractivity contribution in [2.75, 3.05) is 5.32 Å². The quantitative estimate of drug-likeness (QED) is 0.809. The van der Waals surface area contributed by atoms with E-state index in [2.05, 4.69) is 5.32 Å². The Bertz CT molecular complexity index is 722. The predicted octanol–water partition coefficient (Wildman–Crippen LogP) is 2.96. The van der Waals surface area contributed by atoms with E-state index in [0.717, 1.165) is 0 Å². The topological polar surface area (TPSA) is 86.6 Å². The lowest BCUT2D eigenvalue weighted by Crippen LogP contribution is -2.16. The van der Waals surface area contributed by atoms with Crippen LogP contribution in [0.3, 0.4) is 0 Å². The van der Waals surface area contributed by atoms with Crippen molar-refractivity contribution >= 4 is 17.6 Å². The van der Waals surface area contributed by atoms with Gasteiger partial charge in [0.05, 0.1) is 16.8 Å². The molecule has 0 spiro atoms. The summed E-state index contributed by atoms with van der Waals surface area (Å²) in [5.74, 6) is -1.78. The number of phenolic OH excluding ortho intramolecular Hbond substituents is 1. The molecule has 0 atom stereocenters. The number of carbonyl (C=O) groups is 2. The summed E-state index contributed by atoms with van der Waals surface area (Å²) in [6, 6.07) is 9.64. The Balaban J connectivity index is 2.39. The fourth-order valence-corrected chi connectivity index (χ4v) is 2.09. The van der Waals surface area contributed by atoms with Crippen molar-refractivity contribution in [3.63, 3.8) is 0 Å². The van der Waals surface area contributed by atoms with Crippen LogP contribution in [0.2, 0.25) is 0 Å². The maximum atomic E-state index is 12.2. The van der Waals surface area contributed by atoms with Gasteiger partial charge in [0.25, 0.3) is 5.91 Å². The van der Waals surface area contributed by atoms with Crippen molar-refractivity contribution < 1.29 is 19.8 Å². The lowest BCUT2D eigenvalue weighted by Gasteiger charge is -2.12. The largest absolute Gasteiger partial charge is 0.507 e. The fourth-order valence-electron chi connectivity index (χ4n) is 2.09. The minimum absolute atomic E-state index is 0.0398. The first-order valence-electron chi connectivity index (χ1n) is 6.34. The Hall–Kier alpha value is -2.82. The highest BCUT2D eigenvalue weighted by atomic mass is 16.4. The molecule has 108 valence electrons. The maximum Gasteiger partial charge on any atom is 0.338 e. The van der Waals surface area contributed by atoms with Gasteiger partial charge in [0.1, 0.15) is 5.75 Å². The summed E-state index contributed by atoms with van der Waals surface area (Å²) in [6.07, 6.45) is 0. The molecule has 0 heterocycles. The molecule has 2 aromatic carbocycles. The van der Waals surface area contributed by atoms with Crippen LogP contribution in [0.25, 0.3) is 0 Å². The number of phenols is 1. The third-order valence-electron chi connectivity index (χ3n) is 3.22. The number of aryl methyl sites for hydroxylation is 2. The van der Waals surface area contributed by atoms with E-state index in [0.29, 0.717) is 11.1 Å². The van der Waals surface area contributed by atoms with Crippen LogP contribution in [-0.4, -0.2) is 22.1 Å². The first-order chi connectivity index (χ1) is 9.91. The predicted molar refractivity (Wildman–Crippen MR) is 78.9 cm³/mol. The summed E-state index contributed by atoms with van der Waals surface area (Å²) in [7, 11) is 0. The number of anilines is 1. The maximum absolute atomic E-state index is 12.2. The van der Waals surface area contributed by atoms with Gasteiger partial charge in [-0.25, -0.2) is 4.79 Å². The van der Waals surface area contributed by atoms with Crippen molar-refractivity contribution in [1.29, 1.82) is 0 Å². The van der Waals surface area contributed by atoms with E-state index < -0.39 is 11.9 Å². The summed E-state index contributed by atoms with van der Waals surface area (Å²) in [6.45, 7) is 3.34. The Kier molecular flexibility index (Phi) is 3.93. The smallest absolute Gasteiger partial charge is 0.338 e. The Labute approximate surface area is 121 Å². The van der Waals surface area contributed by atoms with Gasteiger partial charge in [-0.05, 0) is 37.1 Å². The molecule has 0 fully saturated rings. The third-order valence-corrected chi connectivity index (χ3v) is 3.22. The van der Waals surface area contributed by atoms with Crippen molar-refractivity contribution in [3.05, 3.63) is 58.7 Å². The average molecular weight is 285 g/mol. The van der Waals surface area contributed by atoms with Crippen LogP contribution >= 0.6 is 0 Å². The van der Waals surface area contributed by atoms with E-state index >= 15 is 0 Å². The molecule has 0 unspecified atom stereocenters. The number of carboxylic acid groups (broad SMARTS) is 1. The molecule has 0 radical (unpaired) electrons. The van der Waals surface area contributed by atoms with Crippen LogP contribution < -0.4 is 5.32 Å². The second-order valence-corrected chi connectivity index (χ2v) is 4.73. The zero-order valence-electron chi connectivity index (χ0n) is 11.7. The molecule has 2 rings (SSSR count). The van der Waals surface area contributed by atoms with E-state index in [1.54, 1.807) is 38.1 Å². The van der Waals surface area contributed by atoms with Gasteiger partial charge in [0.15, 0.2) is 0 Å². The molecule has 2 aromatic rings. The number of nitrogens with one attached hydrogen (secondary N) is 1. The van der Waals surface area contributed by atoms with Crippen LogP contribution in [0.4, 0.5) is 5.69 Å². The summed E-state index contributed by atoms with van der Waals surface area (Å²) in [5.41, 5.74) is 1.47. The molecular formula is C16H15NO4. The van der Waals surface area contributed by atoms with Crippen molar-refractivity contribution in [2.24, 2.45) is 0 Å². The first kappa shape index (κ1) is 14.6. The Morgan fingerprint density at radius 3 is 2.29 bits per heavy atom. The number of aromatic hydroxyl groups is 1. The minimum atomic E-state index is -1.11. The number of benzene rings is 2. The molecule has 0 saturated heterocycles. The van der Waals surface area contributed by atoms with E-state index in [4.69, 9.17) is 0 Å². The molecule has 0 aliphatic heterocycles. The van der Waals surface area contributed by atoms with Crippen LogP contribution in [-0.2, 0) is 0 Å². The SMILES string of the molecule is Cc1cccc(C(=O)Nc2cccc(C)c2C(=O)O)c1O. The Morgan fingerprint density at radius 1 is 1.00 bits per heavy atom. The highest BCUT2D eigenvalue weighted by molar-refractivity contribution is 6.09. The van der Waals surface area contributed by atoms with E-state index in [9.17, 15) is 19.8 Å². The zero-order valence-corrected chi connectivity index (χ0v) is 11.7. The number of amides is 1. The molecule has 0 saturated carbocycles. The van der Waals surface area contributed by atoms with Crippen LogP contribution in [0.15, 0.2) is 36.4 Å². The molecule has 0 aliphatic rings. The summed E-state index contributed by atoms with van der Waals surface area (Å²) in [5, 5.41) is 21.7. The molecule has 0 aromatic heterocycles. The van der Waals surface area contributed by atoms with Crippen LogP contribution in [0, 0.1) is 13.8 Å². The van der Waals surface area contributed by atoms with Gasteiger partial charge in [-0.2, -0.15) is 0 Å². The molecular weight excluding hydrogens is 270 g/mol. The second kappa shape index (κ2) is 5.66. The van der Waals surface area contributed by atoms with E-state index in [1.807, 2.05) is 0 Å². The standard InChI is InChI=1S/C16H15NO4/c1-9-5-4-8-12(13(9)16(20)21)17-15(19)11-7-3-6-10(2)14(11)18/h3-8,18H,1-2H3,(H,17,19)(H,20,21). The molecule has 1 amide bonds. The van der Waals surface area contributed by atoms with Gasteiger partial charge < -0.3 is 15.5 Å².